The zero-order chi connectivity index (χ0) is 14.5. The summed E-state index contributed by atoms with van der Waals surface area (Å²) in [5.41, 5.74) is 0. The van der Waals surface area contributed by atoms with E-state index in [1.165, 1.54) is 4.88 Å². The second-order valence-electron chi connectivity index (χ2n) is 4.69. The van der Waals surface area contributed by atoms with Gasteiger partial charge >= 0.3 is 0 Å². The SMILES string of the molecule is CCc1cc2c(NCCC(C)SC)nc(NC)nc2s1. The summed E-state index contributed by atoms with van der Waals surface area (Å²) in [5.74, 6) is 1.63. The molecule has 0 fully saturated rings. The van der Waals surface area contributed by atoms with E-state index in [1.807, 2.05) is 18.8 Å². The molecule has 0 bridgehead atoms. The van der Waals surface area contributed by atoms with Gasteiger partial charge in [-0.1, -0.05) is 13.8 Å². The minimum Gasteiger partial charge on any atom is -0.369 e. The number of aryl methyl sites for hydroxylation is 1. The molecular formula is C14H22N4S2. The highest BCUT2D eigenvalue weighted by Gasteiger charge is 2.11. The first-order valence-electron chi connectivity index (χ1n) is 6.92. The zero-order valence-electron chi connectivity index (χ0n) is 12.5. The van der Waals surface area contributed by atoms with E-state index >= 15 is 0 Å². The summed E-state index contributed by atoms with van der Waals surface area (Å²) in [5, 5.41) is 8.31. The highest BCUT2D eigenvalue weighted by atomic mass is 32.2. The Labute approximate surface area is 128 Å². The maximum Gasteiger partial charge on any atom is 0.225 e. The van der Waals surface area contributed by atoms with E-state index in [4.69, 9.17) is 0 Å². The Balaban J connectivity index is 2.23. The van der Waals surface area contributed by atoms with Gasteiger partial charge in [-0.05, 0) is 25.2 Å². The lowest BCUT2D eigenvalue weighted by Crippen LogP contribution is -2.10. The fourth-order valence-electron chi connectivity index (χ4n) is 1.90. The van der Waals surface area contributed by atoms with Crippen LogP contribution in [0.2, 0.25) is 0 Å². The van der Waals surface area contributed by atoms with Gasteiger partial charge in [-0.2, -0.15) is 16.7 Å². The second kappa shape index (κ2) is 7.13. The van der Waals surface area contributed by atoms with Crippen LogP contribution in [0.25, 0.3) is 10.2 Å². The van der Waals surface area contributed by atoms with Crippen molar-refractivity contribution in [3.05, 3.63) is 10.9 Å². The first kappa shape index (κ1) is 15.4. The van der Waals surface area contributed by atoms with Gasteiger partial charge < -0.3 is 10.6 Å². The van der Waals surface area contributed by atoms with Crippen molar-refractivity contribution < 1.29 is 0 Å². The maximum atomic E-state index is 4.56. The summed E-state index contributed by atoms with van der Waals surface area (Å²) in [6.45, 7) is 5.36. The van der Waals surface area contributed by atoms with Crippen molar-refractivity contribution in [3.8, 4) is 0 Å². The summed E-state index contributed by atoms with van der Waals surface area (Å²) < 4.78 is 0. The van der Waals surface area contributed by atoms with Crippen LogP contribution in [0.4, 0.5) is 11.8 Å². The van der Waals surface area contributed by atoms with Gasteiger partial charge in [-0.15, -0.1) is 11.3 Å². The highest BCUT2D eigenvalue weighted by Crippen LogP contribution is 2.30. The maximum absolute atomic E-state index is 4.56. The molecule has 6 heteroatoms. The van der Waals surface area contributed by atoms with Gasteiger partial charge in [0.05, 0.1) is 5.39 Å². The number of rotatable bonds is 7. The number of anilines is 2. The van der Waals surface area contributed by atoms with Crippen molar-refractivity contribution >= 4 is 45.1 Å². The van der Waals surface area contributed by atoms with Crippen LogP contribution in [-0.2, 0) is 6.42 Å². The van der Waals surface area contributed by atoms with Crippen molar-refractivity contribution in [3.63, 3.8) is 0 Å². The van der Waals surface area contributed by atoms with E-state index in [1.54, 1.807) is 11.3 Å². The molecule has 0 aliphatic heterocycles. The first-order chi connectivity index (χ1) is 9.67. The van der Waals surface area contributed by atoms with Gasteiger partial charge in [-0.3, -0.25) is 0 Å². The summed E-state index contributed by atoms with van der Waals surface area (Å²) in [4.78, 5) is 11.5. The van der Waals surface area contributed by atoms with E-state index in [9.17, 15) is 0 Å². The summed E-state index contributed by atoms with van der Waals surface area (Å²) in [6, 6.07) is 2.21. The van der Waals surface area contributed by atoms with Crippen LogP contribution in [0, 0.1) is 0 Å². The molecule has 0 radical (unpaired) electrons. The van der Waals surface area contributed by atoms with E-state index < -0.39 is 0 Å². The molecule has 2 heterocycles. The van der Waals surface area contributed by atoms with Gasteiger partial charge in [0.15, 0.2) is 0 Å². The monoisotopic (exact) mass is 310 g/mol. The standard InChI is InChI=1S/C14H22N4S2/c1-5-10-8-11-12(16-7-6-9(2)19-4)17-14(15-3)18-13(11)20-10/h8-9H,5-7H2,1-4H3,(H2,15,16,17,18). The number of hydrogen-bond acceptors (Lipinski definition) is 6. The molecule has 0 saturated heterocycles. The second-order valence-corrected chi connectivity index (χ2v) is 7.08. The molecular weight excluding hydrogens is 288 g/mol. The molecule has 2 rings (SSSR count). The minimum atomic E-state index is 0.664. The van der Waals surface area contributed by atoms with Crippen molar-refractivity contribution in [2.24, 2.45) is 0 Å². The Bertz CT molecular complexity index is 568. The first-order valence-corrected chi connectivity index (χ1v) is 9.03. The Morgan fingerprint density at radius 3 is 2.85 bits per heavy atom. The third kappa shape index (κ3) is 3.55. The smallest absolute Gasteiger partial charge is 0.225 e. The van der Waals surface area contributed by atoms with Crippen LogP contribution in [0.3, 0.4) is 0 Å². The quantitative estimate of drug-likeness (QED) is 0.813. The molecule has 0 saturated carbocycles. The highest BCUT2D eigenvalue weighted by molar-refractivity contribution is 7.99. The summed E-state index contributed by atoms with van der Waals surface area (Å²) in [7, 11) is 1.86. The molecule has 2 aromatic heterocycles. The number of nitrogens with zero attached hydrogens (tertiary/aromatic N) is 2. The number of fused-ring (bicyclic) bond motifs is 1. The van der Waals surface area contributed by atoms with E-state index in [2.05, 4.69) is 46.8 Å². The predicted octanol–water partition coefficient (Wildman–Crippen LogP) is 3.85. The number of hydrogen-bond donors (Lipinski definition) is 2. The lowest BCUT2D eigenvalue weighted by Gasteiger charge is -2.11. The number of thioether (sulfide) groups is 1. The van der Waals surface area contributed by atoms with Crippen molar-refractivity contribution in [2.75, 3.05) is 30.5 Å². The van der Waals surface area contributed by atoms with Gasteiger partial charge in [0.2, 0.25) is 5.95 Å². The van der Waals surface area contributed by atoms with Crippen molar-refractivity contribution in [1.82, 2.24) is 9.97 Å². The molecule has 0 amide bonds. The molecule has 4 nitrogen and oxygen atoms in total. The number of thiophene rings is 1. The van der Waals surface area contributed by atoms with Crippen LogP contribution in [0.15, 0.2) is 6.07 Å². The average Bonchev–Trinajstić information content (AvgIpc) is 2.89. The molecule has 2 N–H and O–H groups in total. The van der Waals surface area contributed by atoms with Gasteiger partial charge in [0.1, 0.15) is 10.6 Å². The Morgan fingerprint density at radius 2 is 2.20 bits per heavy atom. The fourth-order valence-corrected chi connectivity index (χ4v) is 3.22. The molecule has 0 aliphatic rings. The van der Waals surface area contributed by atoms with Crippen molar-refractivity contribution in [2.45, 2.75) is 31.9 Å². The summed E-state index contributed by atoms with van der Waals surface area (Å²) in [6.07, 6.45) is 4.32. The molecule has 0 aromatic carbocycles. The van der Waals surface area contributed by atoms with Crippen LogP contribution in [-0.4, -0.2) is 35.1 Å². The number of nitrogens with one attached hydrogen (secondary N) is 2. The largest absolute Gasteiger partial charge is 0.369 e. The Kier molecular flexibility index (Phi) is 5.48. The van der Waals surface area contributed by atoms with E-state index in [0.717, 1.165) is 35.4 Å². The third-order valence-electron chi connectivity index (χ3n) is 3.26. The molecule has 1 unspecified atom stereocenters. The molecule has 0 aliphatic carbocycles. The van der Waals surface area contributed by atoms with Gasteiger partial charge in [-0.25, -0.2) is 4.98 Å². The third-order valence-corrected chi connectivity index (χ3v) is 5.48. The van der Waals surface area contributed by atoms with Crippen LogP contribution >= 0.6 is 23.1 Å². The molecule has 0 spiro atoms. The van der Waals surface area contributed by atoms with Crippen LogP contribution < -0.4 is 10.6 Å². The van der Waals surface area contributed by atoms with E-state index in [0.29, 0.717) is 11.2 Å². The Morgan fingerprint density at radius 1 is 1.40 bits per heavy atom. The molecule has 2 aromatic rings. The van der Waals surface area contributed by atoms with Gasteiger partial charge in [0.25, 0.3) is 0 Å². The molecule has 20 heavy (non-hydrogen) atoms. The number of aromatic nitrogens is 2. The lowest BCUT2D eigenvalue weighted by atomic mass is 10.3. The lowest BCUT2D eigenvalue weighted by molar-refractivity contribution is 0.851. The average molecular weight is 310 g/mol. The van der Waals surface area contributed by atoms with E-state index in [-0.39, 0.29) is 0 Å². The van der Waals surface area contributed by atoms with Crippen LogP contribution in [0.5, 0.6) is 0 Å². The van der Waals surface area contributed by atoms with Crippen LogP contribution in [0.1, 0.15) is 25.1 Å². The summed E-state index contributed by atoms with van der Waals surface area (Å²) >= 11 is 3.65. The molecule has 110 valence electrons. The predicted molar refractivity (Wildman–Crippen MR) is 92.4 cm³/mol. The van der Waals surface area contributed by atoms with Crippen molar-refractivity contribution in [1.29, 1.82) is 0 Å². The zero-order valence-corrected chi connectivity index (χ0v) is 14.1. The van der Waals surface area contributed by atoms with Gasteiger partial charge in [0, 0.05) is 23.7 Å². The Hall–Kier alpha value is -1.01. The normalized spacial score (nSPS) is 12.6. The minimum absolute atomic E-state index is 0.664. The fraction of sp³-hybridized carbons (Fsp3) is 0.571. The molecule has 1 atom stereocenters. The topological polar surface area (TPSA) is 49.8 Å².